The van der Waals surface area contributed by atoms with Gasteiger partial charge in [-0.2, -0.15) is 0 Å². The number of rotatable bonds is 5. The van der Waals surface area contributed by atoms with Crippen molar-refractivity contribution in [2.24, 2.45) is 0 Å². The molecule has 3 aromatic rings. The molecule has 152 valence electrons. The lowest BCUT2D eigenvalue weighted by atomic mass is 10.1. The zero-order valence-corrected chi connectivity index (χ0v) is 16.2. The van der Waals surface area contributed by atoms with E-state index < -0.39 is 17.8 Å². The van der Waals surface area contributed by atoms with Gasteiger partial charge in [-0.3, -0.25) is 19.6 Å². The van der Waals surface area contributed by atoms with Crippen molar-refractivity contribution in [3.8, 4) is 5.69 Å². The number of H-pyrrole nitrogens is 1. The molecular weight excluding hydrogens is 387 g/mol. The van der Waals surface area contributed by atoms with Crippen molar-refractivity contribution in [1.29, 1.82) is 0 Å². The number of hydrogen-bond donors (Lipinski definition) is 2. The summed E-state index contributed by atoms with van der Waals surface area (Å²) in [6.45, 7) is 1.82. The Hall–Kier alpha value is -3.94. The Kier molecular flexibility index (Phi) is 5.05. The van der Waals surface area contributed by atoms with Crippen molar-refractivity contribution in [3.05, 3.63) is 93.3 Å². The summed E-state index contributed by atoms with van der Waals surface area (Å²) in [6.07, 6.45) is 1.92. The van der Waals surface area contributed by atoms with Crippen LogP contribution in [0.25, 0.3) is 11.8 Å². The third-order valence-corrected chi connectivity index (χ3v) is 4.85. The van der Waals surface area contributed by atoms with E-state index in [0.717, 1.165) is 4.90 Å². The van der Waals surface area contributed by atoms with E-state index >= 15 is 0 Å². The van der Waals surface area contributed by atoms with Crippen LogP contribution in [0.4, 0.5) is 9.18 Å². The number of imide groups is 1. The third kappa shape index (κ3) is 3.55. The lowest BCUT2D eigenvalue weighted by Gasteiger charge is -2.11. The molecule has 0 spiro atoms. The first-order valence-corrected chi connectivity index (χ1v) is 9.46. The first kappa shape index (κ1) is 19.4. The molecule has 0 radical (unpaired) electrons. The molecule has 8 heteroatoms. The Bertz CT molecular complexity index is 1210. The topological polar surface area (TPSA) is 87.2 Å². The average molecular weight is 406 g/mol. The SMILES string of the molecule is CCc1[nH]n(-c2ccccc2)c(=O)c1/C=C1\NC(=O)N(Cc2cccc(F)c2)C1=O. The largest absolute Gasteiger partial charge is 0.329 e. The third-order valence-electron chi connectivity index (χ3n) is 4.85. The van der Waals surface area contributed by atoms with Gasteiger partial charge in [0.1, 0.15) is 11.5 Å². The van der Waals surface area contributed by atoms with Crippen LogP contribution in [0.1, 0.15) is 23.7 Å². The second-order valence-electron chi connectivity index (χ2n) is 6.84. The van der Waals surface area contributed by atoms with Gasteiger partial charge in [-0.15, -0.1) is 0 Å². The van der Waals surface area contributed by atoms with Crippen molar-refractivity contribution in [1.82, 2.24) is 20.0 Å². The zero-order valence-electron chi connectivity index (χ0n) is 16.2. The Morgan fingerprint density at radius 3 is 2.50 bits per heavy atom. The predicted octanol–water partition coefficient (Wildman–Crippen LogP) is 2.96. The van der Waals surface area contributed by atoms with E-state index in [1.165, 1.54) is 29.0 Å². The van der Waals surface area contributed by atoms with Crippen molar-refractivity contribution in [3.63, 3.8) is 0 Å². The molecule has 0 aliphatic carbocycles. The molecule has 4 rings (SSSR count). The summed E-state index contributed by atoms with van der Waals surface area (Å²) in [5.41, 5.74) is 1.77. The molecule has 2 N–H and O–H groups in total. The molecule has 2 heterocycles. The molecule has 1 aliphatic rings. The fourth-order valence-corrected chi connectivity index (χ4v) is 3.35. The highest BCUT2D eigenvalue weighted by molar-refractivity contribution is 6.13. The number of nitrogens with zero attached hydrogens (tertiary/aromatic N) is 2. The van der Waals surface area contributed by atoms with Gasteiger partial charge in [0.15, 0.2) is 0 Å². The standard InChI is InChI=1S/C22H19FN4O3/c1-2-18-17(20(28)27(25-18)16-9-4-3-5-10-16)12-19-21(29)26(22(30)24-19)13-14-7-6-8-15(23)11-14/h3-12,25H,2,13H2,1H3,(H,24,30)/b19-12-. The van der Waals surface area contributed by atoms with E-state index in [4.69, 9.17) is 0 Å². The van der Waals surface area contributed by atoms with Gasteiger partial charge in [0.25, 0.3) is 11.5 Å². The minimum Gasteiger partial charge on any atom is -0.303 e. The first-order chi connectivity index (χ1) is 14.5. The molecular formula is C22H19FN4O3. The van der Waals surface area contributed by atoms with Crippen LogP contribution in [0.2, 0.25) is 0 Å². The van der Waals surface area contributed by atoms with Gasteiger partial charge in [0.2, 0.25) is 0 Å². The van der Waals surface area contributed by atoms with E-state index in [1.807, 2.05) is 25.1 Å². The number of carbonyl (C=O) groups excluding carboxylic acids is 2. The van der Waals surface area contributed by atoms with Crippen LogP contribution in [0.5, 0.6) is 0 Å². The summed E-state index contributed by atoms with van der Waals surface area (Å²) in [5.74, 6) is -1.02. The normalized spacial score (nSPS) is 15.1. The number of amides is 3. The second kappa shape index (κ2) is 7.82. The molecule has 0 atom stereocenters. The Balaban J connectivity index is 1.67. The molecule has 30 heavy (non-hydrogen) atoms. The number of hydrogen-bond acceptors (Lipinski definition) is 3. The fraction of sp³-hybridized carbons (Fsp3) is 0.136. The fourth-order valence-electron chi connectivity index (χ4n) is 3.35. The minimum atomic E-state index is -0.618. The van der Waals surface area contributed by atoms with Crippen LogP contribution >= 0.6 is 0 Å². The van der Waals surface area contributed by atoms with Gasteiger partial charge in [0, 0.05) is 5.69 Å². The number of urea groups is 1. The molecule has 0 saturated carbocycles. The average Bonchev–Trinajstić information content (AvgIpc) is 3.20. The van der Waals surface area contributed by atoms with Crippen molar-refractivity contribution in [2.75, 3.05) is 0 Å². The maximum Gasteiger partial charge on any atom is 0.329 e. The van der Waals surface area contributed by atoms with Crippen molar-refractivity contribution in [2.45, 2.75) is 19.9 Å². The number of para-hydroxylation sites is 1. The molecule has 3 amide bonds. The van der Waals surface area contributed by atoms with Crippen LogP contribution in [-0.2, 0) is 17.8 Å². The molecule has 7 nitrogen and oxygen atoms in total. The van der Waals surface area contributed by atoms with Gasteiger partial charge in [-0.05, 0) is 42.3 Å². The molecule has 2 aromatic carbocycles. The second-order valence-corrected chi connectivity index (χ2v) is 6.84. The van der Waals surface area contributed by atoms with E-state index in [-0.39, 0.29) is 17.8 Å². The number of aryl methyl sites for hydroxylation is 1. The lowest BCUT2D eigenvalue weighted by Crippen LogP contribution is -2.30. The lowest BCUT2D eigenvalue weighted by molar-refractivity contribution is -0.123. The quantitative estimate of drug-likeness (QED) is 0.505. The summed E-state index contributed by atoms with van der Waals surface area (Å²) in [4.78, 5) is 39.0. The smallest absolute Gasteiger partial charge is 0.303 e. The summed E-state index contributed by atoms with van der Waals surface area (Å²) >= 11 is 0. The number of halogens is 1. The monoisotopic (exact) mass is 406 g/mol. The zero-order chi connectivity index (χ0) is 21.3. The molecule has 1 saturated heterocycles. The van der Waals surface area contributed by atoms with Gasteiger partial charge in [0.05, 0.1) is 17.8 Å². The Morgan fingerprint density at radius 2 is 1.80 bits per heavy atom. The van der Waals surface area contributed by atoms with Crippen molar-refractivity contribution < 1.29 is 14.0 Å². The summed E-state index contributed by atoms with van der Waals surface area (Å²) in [5, 5.41) is 5.56. The van der Waals surface area contributed by atoms with Crippen LogP contribution < -0.4 is 10.9 Å². The van der Waals surface area contributed by atoms with Crippen LogP contribution in [0.15, 0.2) is 65.1 Å². The van der Waals surface area contributed by atoms with Crippen LogP contribution in [0, 0.1) is 5.82 Å². The molecule has 1 fully saturated rings. The number of aromatic nitrogens is 2. The molecule has 0 unspecified atom stereocenters. The van der Waals surface area contributed by atoms with Crippen LogP contribution in [-0.4, -0.2) is 26.6 Å². The maximum absolute atomic E-state index is 13.4. The highest BCUT2D eigenvalue weighted by atomic mass is 19.1. The van der Waals surface area contributed by atoms with Gasteiger partial charge in [-0.1, -0.05) is 37.3 Å². The van der Waals surface area contributed by atoms with Gasteiger partial charge < -0.3 is 5.32 Å². The van der Waals surface area contributed by atoms with E-state index in [0.29, 0.717) is 28.9 Å². The van der Waals surface area contributed by atoms with E-state index in [9.17, 15) is 18.8 Å². The van der Waals surface area contributed by atoms with Crippen LogP contribution in [0.3, 0.4) is 0 Å². The summed E-state index contributed by atoms with van der Waals surface area (Å²) in [7, 11) is 0. The predicted molar refractivity (Wildman–Crippen MR) is 109 cm³/mol. The summed E-state index contributed by atoms with van der Waals surface area (Å²) in [6, 6.07) is 14.1. The van der Waals surface area contributed by atoms with Gasteiger partial charge in [-0.25, -0.2) is 13.9 Å². The van der Waals surface area contributed by atoms with E-state index in [2.05, 4.69) is 10.4 Å². The maximum atomic E-state index is 13.4. The minimum absolute atomic E-state index is 0.00224. The van der Waals surface area contributed by atoms with E-state index in [1.54, 1.807) is 18.2 Å². The molecule has 0 bridgehead atoms. The van der Waals surface area contributed by atoms with Crippen molar-refractivity contribution >= 4 is 18.0 Å². The molecule has 1 aliphatic heterocycles. The highest BCUT2D eigenvalue weighted by Crippen LogP contribution is 2.18. The highest BCUT2D eigenvalue weighted by Gasteiger charge is 2.34. The summed E-state index contributed by atoms with van der Waals surface area (Å²) < 4.78 is 14.8. The Labute approximate surface area is 171 Å². The Morgan fingerprint density at radius 1 is 1.03 bits per heavy atom. The molecule has 1 aromatic heterocycles. The number of nitrogens with one attached hydrogen (secondary N) is 2. The number of benzene rings is 2. The van der Waals surface area contributed by atoms with Gasteiger partial charge >= 0.3 is 6.03 Å². The first-order valence-electron chi connectivity index (χ1n) is 9.46. The number of aromatic amines is 1. The number of carbonyl (C=O) groups is 2.